The van der Waals surface area contributed by atoms with Crippen molar-refractivity contribution in [3.05, 3.63) is 65.7 Å². The van der Waals surface area contributed by atoms with Gasteiger partial charge in [-0.3, -0.25) is 9.88 Å². The molecule has 182 valence electrons. The number of benzene rings is 1. The molecule has 1 aliphatic rings. The number of rotatable bonds is 5. The minimum atomic E-state index is 0.0682. The molecule has 8 nitrogen and oxygen atoms in total. The lowest BCUT2D eigenvalue weighted by Crippen LogP contribution is -2.46. The Morgan fingerprint density at radius 1 is 0.971 bits per heavy atom. The first kappa shape index (κ1) is 23.2. The van der Waals surface area contributed by atoms with Gasteiger partial charge in [-0.05, 0) is 47.2 Å². The first-order chi connectivity index (χ1) is 16.8. The molecule has 0 saturated carbocycles. The zero-order valence-corrected chi connectivity index (χ0v) is 21.3. The Balaban J connectivity index is 1.40. The van der Waals surface area contributed by atoms with Crippen LogP contribution >= 0.6 is 0 Å². The highest BCUT2D eigenvalue weighted by Gasteiger charge is 2.22. The number of fused-ring (bicyclic) bond motifs is 1. The number of nitrogens with zero attached hydrogens (tertiary/aromatic N) is 7. The van der Waals surface area contributed by atoms with Crippen molar-refractivity contribution < 1.29 is 0 Å². The van der Waals surface area contributed by atoms with Gasteiger partial charge in [-0.1, -0.05) is 32.9 Å². The summed E-state index contributed by atoms with van der Waals surface area (Å²) in [5.74, 6) is 1.52. The zero-order valence-electron chi connectivity index (χ0n) is 21.3. The van der Waals surface area contributed by atoms with Gasteiger partial charge in [0.25, 0.3) is 0 Å². The van der Waals surface area contributed by atoms with Crippen molar-refractivity contribution in [2.45, 2.75) is 39.7 Å². The fourth-order valence-electron chi connectivity index (χ4n) is 4.48. The fraction of sp³-hybridized carbons (Fsp3) is 0.407. The van der Waals surface area contributed by atoms with Crippen molar-refractivity contribution in [2.24, 2.45) is 7.05 Å². The maximum atomic E-state index is 5.01. The average molecular weight is 471 g/mol. The quantitative estimate of drug-likeness (QED) is 0.462. The van der Waals surface area contributed by atoms with Gasteiger partial charge in [-0.2, -0.15) is 9.97 Å². The summed E-state index contributed by atoms with van der Waals surface area (Å²) in [6.07, 6.45) is 5.52. The van der Waals surface area contributed by atoms with Crippen molar-refractivity contribution in [3.8, 4) is 0 Å². The van der Waals surface area contributed by atoms with Crippen LogP contribution in [0.5, 0.6) is 0 Å². The SMILES string of the molecule is Cc1ccc(C(C)(C)C)cc1Nc1nc(N2CCN(Cc3ccncc3)CC2)nc2ncn(C)c12. The zero-order chi connectivity index (χ0) is 24.6. The van der Waals surface area contributed by atoms with E-state index in [1.54, 1.807) is 6.33 Å². The minimum absolute atomic E-state index is 0.0682. The predicted molar refractivity (Wildman–Crippen MR) is 141 cm³/mol. The molecule has 0 radical (unpaired) electrons. The van der Waals surface area contributed by atoms with E-state index in [-0.39, 0.29) is 5.41 Å². The number of piperazine rings is 1. The second kappa shape index (κ2) is 9.26. The van der Waals surface area contributed by atoms with E-state index < -0.39 is 0 Å². The topological polar surface area (TPSA) is 75.0 Å². The Morgan fingerprint density at radius 3 is 2.43 bits per heavy atom. The molecule has 0 bridgehead atoms. The second-order valence-electron chi connectivity index (χ2n) is 10.4. The number of hydrogen-bond donors (Lipinski definition) is 1. The van der Waals surface area contributed by atoms with Gasteiger partial charge >= 0.3 is 0 Å². The summed E-state index contributed by atoms with van der Waals surface area (Å²) in [7, 11) is 1.99. The van der Waals surface area contributed by atoms with Crippen LogP contribution in [-0.2, 0) is 19.0 Å². The van der Waals surface area contributed by atoms with E-state index >= 15 is 0 Å². The van der Waals surface area contributed by atoms with Gasteiger partial charge in [0.1, 0.15) is 5.52 Å². The third kappa shape index (κ3) is 4.98. The lowest BCUT2D eigenvalue weighted by molar-refractivity contribution is 0.248. The molecule has 4 heterocycles. The van der Waals surface area contributed by atoms with Gasteiger partial charge in [0.05, 0.1) is 6.33 Å². The van der Waals surface area contributed by atoms with Crippen molar-refractivity contribution in [2.75, 3.05) is 36.4 Å². The molecule has 5 rings (SSSR count). The molecule has 1 saturated heterocycles. The predicted octanol–water partition coefficient (Wildman–Crippen LogP) is 4.43. The van der Waals surface area contributed by atoms with Crippen LogP contribution in [0.2, 0.25) is 0 Å². The summed E-state index contributed by atoms with van der Waals surface area (Å²) in [4.78, 5) is 23.2. The Morgan fingerprint density at radius 2 is 1.71 bits per heavy atom. The second-order valence-corrected chi connectivity index (χ2v) is 10.4. The van der Waals surface area contributed by atoms with E-state index in [2.05, 4.69) is 83.1 Å². The number of hydrogen-bond acceptors (Lipinski definition) is 7. The number of imidazole rings is 1. The highest BCUT2D eigenvalue weighted by atomic mass is 15.3. The summed E-state index contributed by atoms with van der Waals surface area (Å²) in [6.45, 7) is 13.4. The van der Waals surface area contributed by atoms with Crippen molar-refractivity contribution >= 4 is 28.6 Å². The molecule has 1 aliphatic heterocycles. The summed E-state index contributed by atoms with van der Waals surface area (Å²) < 4.78 is 1.98. The molecule has 4 aromatic rings. The van der Waals surface area contributed by atoms with Crippen LogP contribution in [0, 0.1) is 6.92 Å². The maximum Gasteiger partial charge on any atom is 0.229 e. The number of aryl methyl sites for hydroxylation is 2. The summed E-state index contributed by atoms with van der Waals surface area (Å²) >= 11 is 0. The van der Waals surface area contributed by atoms with Gasteiger partial charge in [-0.15, -0.1) is 0 Å². The molecule has 0 spiro atoms. The maximum absolute atomic E-state index is 5.01. The van der Waals surface area contributed by atoms with E-state index in [4.69, 9.17) is 9.97 Å². The molecule has 0 atom stereocenters. The van der Waals surface area contributed by atoms with Gasteiger partial charge in [0.2, 0.25) is 5.95 Å². The van der Waals surface area contributed by atoms with Gasteiger partial charge in [0.15, 0.2) is 11.5 Å². The minimum Gasteiger partial charge on any atom is -0.338 e. The molecule has 0 amide bonds. The van der Waals surface area contributed by atoms with Crippen LogP contribution in [0.4, 0.5) is 17.5 Å². The molecule has 1 N–H and O–H groups in total. The van der Waals surface area contributed by atoms with Crippen molar-refractivity contribution in [1.82, 2.24) is 29.4 Å². The highest BCUT2D eigenvalue weighted by molar-refractivity contribution is 5.87. The Bertz CT molecular complexity index is 1310. The summed E-state index contributed by atoms with van der Waals surface area (Å²) in [5, 5.41) is 3.62. The Hall–Kier alpha value is -3.52. The van der Waals surface area contributed by atoms with Crippen LogP contribution in [-0.4, -0.2) is 55.6 Å². The van der Waals surface area contributed by atoms with E-state index in [1.165, 1.54) is 16.7 Å². The molecule has 0 unspecified atom stereocenters. The van der Waals surface area contributed by atoms with E-state index in [1.807, 2.05) is 24.0 Å². The first-order valence-corrected chi connectivity index (χ1v) is 12.2. The number of anilines is 3. The summed E-state index contributed by atoms with van der Waals surface area (Å²) in [6, 6.07) is 10.8. The largest absolute Gasteiger partial charge is 0.338 e. The van der Waals surface area contributed by atoms with Gasteiger partial charge < -0.3 is 14.8 Å². The van der Waals surface area contributed by atoms with Crippen molar-refractivity contribution in [3.63, 3.8) is 0 Å². The smallest absolute Gasteiger partial charge is 0.229 e. The van der Waals surface area contributed by atoms with Gasteiger partial charge in [-0.25, -0.2) is 4.98 Å². The lowest BCUT2D eigenvalue weighted by Gasteiger charge is -2.34. The molecular formula is C27H34N8. The highest BCUT2D eigenvalue weighted by Crippen LogP contribution is 2.31. The Kier molecular flexibility index (Phi) is 6.15. The van der Waals surface area contributed by atoms with Crippen LogP contribution in [0.3, 0.4) is 0 Å². The third-order valence-corrected chi connectivity index (χ3v) is 6.73. The average Bonchev–Trinajstić information content (AvgIpc) is 3.22. The normalized spacial score (nSPS) is 15.1. The summed E-state index contributed by atoms with van der Waals surface area (Å²) in [5.41, 5.74) is 6.50. The van der Waals surface area contributed by atoms with Crippen LogP contribution < -0.4 is 10.2 Å². The molecule has 8 heteroatoms. The number of aromatic nitrogens is 5. The van der Waals surface area contributed by atoms with E-state index in [0.29, 0.717) is 5.65 Å². The molecular weight excluding hydrogens is 436 g/mol. The monoisotopic (exact) mass is 470 g/mol. The molecule has 1 fully saturated rings. The van der Waals surface area contributed by atoms with Gasteiger partial charge in [0, 0.05) is 57.9 Å². The third-order valence-electron chi connectivity index (χ3n) is 6.73. The van der Waals surface area contributed by atoms with E-state index in [9.17, 15) is 0 Å². The molecule has 3 aromatic heterocycles. The van der Waals surface area contributed by atoms with Crippen LogP contribution in [0.25, 0.3) is 11.2 Å². The number of nitrogens with one attached hydrogen (secondary N) is 1. The molecule has 1 aromatic carbocycles. The fourth-order valence-corrected chi connectivity index (χ4v) is 4.48. The lowest BCUT2D eigenvalue weighted by atomic mass is 9.86. The standard InChI is InChI=1S/C27H34N8/c1-19-6-7-21(27(2,3)4)16-22(19)30-25-23-24(29-18-33(23)5)31-26(32-25)35-14-12-34(13-15-35)17-20-8-10-28-11-9-20/h6-11,16,18H,12-15,17H2,1-5H3,(H,30,31,32). The Labute approximate surface area is 207 Å². The number of pyridine rings is 1. The van der Waals surface area contributed by atoms with Crippen LogP contribution in [0.15, 0.2) is 49.1 Å². The first-order valence-electron chi connectivity index (χ1n) is 12.2. The van der Waals surface area contributed by atoms with Crippen LogP contribution in [0.1, 0.15) is 37.5 Å². The molecule has 0 aliphatic carbocycles. The molecule has 35 heavy (non-hydrogen) atoms. The van der Waals surface area contributed by atoms with Crippen molar-refractivity contribution in [1.29, 1.82) is 0 Å². The van der Waals surface area contributed by atoms with E-state index in [0.717, 1.165) is 55.7 Å².